The quantitative estimate of drug-likeness (QED) is 0.398. The Morgan fingerprint density at radius 2 is 1.56 bits per heavy atom. The molecule has 36 heavy (non-hydrogen) atoms. The second-order valence-corrected chi connectivity index (χ2v) is 11.9. The highest BCUT2D eigenvalue weighted by Crippen LogP contribution is 2.29. The van der Waals surface area contributed by atoms with Gasteiger partial charge in [-0.1, -0.05) is 62.7 Å². The number of benzene rings is 3. The molecule has 6 nitrogen and oxygen atoms in total. The van der Waals surface area contributed by atoms with Gasteiger partial charge >= 0.3 is 0 Å². The van der Waals surface area contributed by atoms with E-state index in [1.165, 1.54) is 9.87 Å². The van der Waals surface area contributed by atoms with Crippen molar-refractivity contribution >= 4 is 21.6 Å². The molecule has 3 aromatic rings. The number of carbonyl (C=O) groups is 1. The average Bonchev–Trinajstić information content (AvgIpc) is 2.82. The third-order valence-electron chi connectivity index (χ3n) is 6.15. The van der Waals surface area contributed by atoms with Crippen molar-refractivity contribution in [3.8, 4) is 5.75 Å². The van der Waals surface area contributed by atoms with Crippen molar-refractivity contribution in [3.05, 3.63) is 89.0 Å². The molecule has 0 saturated carbocycles. The first-order valence-corrected chi connectivity index (χ1v) is 13.5. The predicted molar refractivity (Wildman–Crippen MR) is 145 cm³/mol. The largest absolute Gasteiger partial charge is 0.492 e. The Morgan fingerprint density at radius 3 is 2.17 bits per heavy atom. The minimum absolute atomic E-state index is 0.0624. The predicted octanol–water partition coefficient (Wildman–Crippen LogP) is 5.30. The Kier molecular flexibility index (Phi) is 8.46. The number of anilines is 1. The number of hydrogen-bond acceptors (Lipinski definition) is 4. The summed E-state index contributed by atoms with van der Waals surface area (Å²) in [5, 5.41) is 2.79. The zero-order chi connectivity index (χ0) is 26.5. The van der Waals surface area contributed by atoms with Crippen LogP contribution in [0.5, 0.6) is 5.75 Å². The van der Waals surface area contributed by atoms with Gasteiger partial charge in [-0.05, 0) is 73.2 Å². The van der Waals surface area contributed by atoms with Crippen molar-refractivity contribution in [2.45, 2.75) is 51.9 Å². The maximum absolute atomic E-state index is 13.6. The van der Waals surface area contributed by atoms with E-state index in [1.807, 2.05) is 51.1 Å². The number of sulfonamides is 1. The number of aryl methyl sites for hydroxylation is 2. The number of carbonyl (C=O) groups excluding carboxylic acids is 1. The van der Waals surface area contributed by atoms with E-state index in [1.54, 1.807) is 36.4 Å². The Morgan fingerprint density at radius 1 is 0.917 bits per heavy atom. The molecule has 0 heterocycles. The van der Waals surface area contributed by atoms with Crippen molar-refractivity contribution in [1.29, 1.82) is 0 Å². The normalized spacial score (nSPS) is 11.7. The number of amides is 1. The van der Waals surface area contributed by atoms with Gasteiger partial charge in [-0.3, -0.25) is 9.10 Å². The van der Waals surface area contributed by atoms with Crippen LogP contribution in [0.25, 0.3) is 0 Å². The van der Waals surface area contributed by atoms with Crippen LogP contribution < -0.4 is 14.4 Å². The van der Waals surface area contributed by atoms with E-state index in [0.29, 0.717) is 5.69 Å². The third kappa shape index (κ3) is 6.66. The highest BCUT2D eigenvalue weighted by atomic mass is 32.2. The first-order chi connectivity index (χ1) is 16.9. The van der Waals surface area contributed by atoms with Crippen LogP contribution in [-0.2, 0) is 20.2 Å². The molecule has 1 N–H and O–H groups in total. The van der Waals surface area contributed by atoms with E-state index in [-0.39, 0.29) is 30.0 Å². The topological polar surface area (TPSA) is 75.7 Å². The molecule has 0 aliphatic heterocycles. The molecular formula is C29H36N2O4S. The Hall–Kier alpha value is -3.32. The van der Waals surface area contributed by atoms with Gasteiger partial charge in [0, 0.05) is 0 Å². The SMILES string of the molecule is Cc1ccc(S(=O)(=O)N(CC(=O)NCCOc2ccc(C(C)(C)C)cc2)c2cccc(C)c2C)cc1. The average molecular weight is 509 g/mol. The molecule has 0 bridgehead atoms. The van der Waals surface area contributed by atoms with E-state index in [2.05, 4.69) is 26.1 Å². The highest BCUT2D eigenvalue weighted by molar-refractivity contribution is 7.92. The van der Waals surface area contributed by atoms with Crippen molar-refractivity contribution in [2.75, 3.05) is 24.0 Å². The number of hydrogen-bond donors (Lipinski definition) is 1. The Bertz CT molecular complexity index is 1290. The van der Waals surface area contributed by atoms with Gasteiger partial charge in [0.2, 0.25) is 5.91 Å². The lowest BCUT2D eigenvalue weighted by Gasteiger charge is -2.26. The van der Waals surface area contributed by atoms with Crippen LogP contribution in [0.4, 0.5) is 5.69 Å². The van der Waals surface area contributed by atoms with Crippen molar-refractivity contribution in [3.63, 3.8) is 0 Å². The van der Waals surface area contributed by atoms with Crippen LogP contribution >= 0.6 is 0 Å². The molecule has 3 rings (SSSR count). The van der Waals surface area contributed by atoms with Crippen molar-refractivity contribution in [2.24, 2.45) is 0 Å². The lowest BCUT2D eigenvalue weighted by Crippen LogP contribution is -2.42. The number of nitrogens with one attached hydrogen (secondary N) is 1. The molecular weight excluding hydrogens is 472 g/mol. The van der Waals surface area contributed by atoms with Crippen molar-refractivity contribution in [1.82, 2.24) is 5.32 Å². The van der Waals surface area contributed by atoms with Crippen LogP contribution in [0, 0.1) is 20.8 Å². The zero-order valence-electron chi connectivity index (χ0n) is 22.0. The van der Waals surface area contributed by atoms with Gasteiger partial charge in [0.25, 0.3) is 10.0 Å². The molecule has 0 saturated heterocycles. The summed E-state index contributed by atoms with van der Waals surface area (Å²) in [4.78, 5) is 13.0. The lowest BCUT2D eigenvalue weighted by molar-refractivity contribution is -0.119. The van der Waals surface area contributed by atoms with E-state index in [0.717, 1.165) is 22.4 Å². The summed E-state index contributed by atoms with van der Waals surface area (Å²) < 4.78 is 34.1. The monoisotopic (exact) mass is 508 g/mol. The van der Waals surface area contributed by atoms with Crippen LogP contribution in [0.1, 0.15) is 43.0 Å². The van der Waals surface area contributed by atoms with Gasteiger partial charge in [0.15, 0.2) is 0 Å². The minimum Gasteiger partial charge on any atom is -0.492 e. The van der Waals surface area contributed by atoms with Gasteiger partial charge in [-0.15, -0.1) is 0 Å². The van der Waals surface area contributed by atoms with E-state index >= 15 is 0 Å². The van der Waals surface area contributed by atoms with E-state index < -0.39 is 15.9 Å². The molecule has 7 heteroatoms. The third-order valence-corrected chi connectivity index (χ3v) is 7.93. The number of nitrogens with zero attached hydrogens (tertiary/aromatic N) is 1. The molecule has 0 aliphatic rings. The van der Waals surface area contributed by atoms with Gasteiger partial charge in [-0.2, -0.15) is 0 Å². The molecule has 1 amide bonds. The van der Waals surface area contributed by atoms with Crippen LogP contribution in [0.2, 0.25) is 0 Å². The Labute approximate surface area is 215 Å². The standard InChI is InChI=1S/C29H36N2O4S/c1-21-10-16-26(17-11-21)36(33,34)31(27-9-7-8-22(2)23(27)3)20-28(32)30-18-19-35-25-14-12-24(13-15-25)29(4,5)6/h7-17H,18-20H2,1-6H3,(H,30,32). The molecule has 0 aromatic heterocycles. The van der Waals surface area contributed by atoms with Crippen LogP contribution in [-0.4, -0.2) is 34.0 Å². The second-order valence-electron chi connectivity index (χ2n) is 10.0. The summed E-state index contributed by atoms with van der Waals surface area (Å²) in [7, 11) is -3.95. The van der Waals surface area contributed by atoms with Gasteiger partial charge in [0.05, 0.1) is 17.1 Å². The summed E-state index contributed by atoms with van der Waals surface area (Å²) in [5.74, 6) is 0.314. The smallest absolute Gasteiger partial charge is 0.264 e. The fourth-order valence-electron chi connectivity index (χ4n) is 3.74. The first-order valence-electron chi connectivity index (χ1n) is 12.1. The molecule has 0 spiro atoms. The fourth-order valence-corrected chi connectivity index (χ4v) is 5.22. The summed E-state index contributed by atoms with van der Waals surface area (Å²) in [6.07, 6.45) is 0. The van der Waals surface area contributed by atoms with Crippen molar-refractivity contribution < 1.29 is 17.9 Å². The summed E-state index contributed by atoms with van der Waals surface area (Å²) in [6.45, 7) is 12.3. The lowest BCUT2D eigenvalue weighted by atomic mass is 9.87. The maximum Gasteiger partial charge on any atom is 0.264 e. The molecule has 0 radical (unpaired) electrons. The first kappa shape index (κ1) is 27.3. The van der Waals surface area contributed by atoms with E-state index in [4.69, 9.17) is 4.74 Å². The summed E-state index contributed by atoms with van der Waals surface area (Å²) in [5.41, 5.74) is 4.47. The molecule has 0 fully saturated rings. The summed E-state index contributed by atoms with van der Waals surface area (Å²) in [6, 6.07) is 20.0. The minimum atomic E-state index is -3.95. The highest BCUT2D eigenvalue weighted by Gasteiger charge is 2.28. The molecule has 192 valence electrons. The van der Waals surface area contributed by atoms with Crippen LogP contribution in [0.3, 0.4) is 0 Å². The Balaban J connectivity index is 1.70. The molecule has 0 unspecified atom stereocenters. The zero-order valence-corrected chi connectivity index (χ0v) is 22.8. The van der Waals surface area contributed by atoms with Gasteiger partial charge < -0.3 is 10.1 Å². The van der Waals surface area contributed by atoms with Crippen LogP contribution in [0.15, 0.2) is 71.6 Å². The maximum atomic E-state index is 13.6. The summed E-state index contributed by atoms with van der Waals surface area (Å²) >= 11 is 0. The molecule has 3 aromatic carbocycles. The van der Waals surface area contributed by atoms with Gasteiger partial charge in [-0.25, -0.2) is 8.42 Å². The molecule has 0 atom stereocenters. The number of ether oxygens (including phenoxy) is 1. The van der Waals surface area contributed by atoms with Gasteiger partial charge in [0.1, 0.15) is 18.9 Å². The second kappa shape index (κ2) is 11.2. The fraction of sp³-hybridized carbons (Fsp3) is 0.345. The van der Waals surface area contributed by atoms with E-state index in [9.17, 15) is 13.2 Å². The molecule has 0 aliphatic carbocycles. The number of rotatable bonds is 9.